The van der Waals surface area contributed by atoms with Crippen molar-refractivity contribution >= 4 is 0 Å². The maximum Gasteiger partial charge on any atom is 0.00382 e. The highest BCUT2D eigenvalue weighted by Gasteiger charge is 2.36. The van der Waals surface area contributed by atoms with Gasteiger partial charge in [-0.3, -0.25) is 0 Å². The Morgan fingerprint density at radius 2 is 1.95 bits per heavy atom. The van der Waals surface area contributed by atoms with Crippen LogP contribution in [0.15, 0.2) is 0 Å². The Bertz CT molecular complexity index is 256. The van der Waals surface area contributed by atoms with Gasteiger partial charge in [0.05, 0.1) is 0 Å². The summed E-state index contributed by atoms with van der Waals surface area (Å²) in [5.41, 5.74) is 0.653. The van der Waals surface area contributed by atoms with Crippen LogP contribution in [0.5, 0.6) is 0 Å². The zero-order valence-electron chi connectivity index (χ0n) is 13.4. The molecule has 2 fully saturated rings. The molecule has 2 aliphatic rings. The lowest BCUT2D eigenvalue weighted by Crippen LogP contribution is -2.44. The Hall–Kier alpha value is -0.0800. The molecule has 1 N–H and O–H groups in total. The molecular weight excluding hydrogens is 232 g/mol. The highest BCUT2D eigenvalue weighted by atomic mass is 15.1. The van der Waals surface area contributed by atoms with Crippen molar-refractivity contribution in [3.8, 4) is 0 Å². The van der Waals surface area contributed by atoms with Gasteiger partial charge in [-0.25, -0.2) is 0 Å². The molecule has 1 atom stereocenters. The van der Waals surface area contributed by atoms with Crippen molar-refractivity contribution in [2.45, 2.75) is 59.3 Å². The van der Waals surface area contributed by atoms with E-state index in [9.17, 15) is 0 Å². The average Bonchev–Trinajstić information content (AvgIpc) is 2.72. The van der Waals surface area contributed by atoms with Crippen LogP contribution in [0.25, 0.3) is 0 Å². The van der Waals surface area contributed by atoms with Gasteiger partial charge in [0, 0.05) is 13.1 Å². The maximum absolute atomic E-state index is 3.57. The minimum Gasteiger partial charge on any atom is -0.316 e. The van der Waals surface area contributed by atoms with Gasteiger partial charge < -0.3 is 10.2 Å². The van der Waals surface area contributed by atoms with Gasteiger partial charge in [0.1, 0.15) is 0 Å². The predicted molar refractivity (Wildman–Crippen MR) is 83.4 cm³/mol. The van der Waals surface area contributed by atoms with E-state index in [0.717, 1.165) is 11.8 Å². The first-order chi connectivity index (χ1) is 9.10. The van der Waals surface area contributed by atoms with Crippen LogP contribution in [-0.4, -0.2) is 37.6 Å². The Morgan fingerprint density at radius 3 is 2.63 bits per heavy atom. The fraction of sp³-hybridized carbons (Fsp3) is 1.00. The van der Waals surface area contributed by atoms with Crippen LogP contribution in [0.2, 0.25) is 0 Å². The van der Waals surface area contributed by atoms with Gasteiger partial charge >= 0.3 is 0 Å². The van der Waals surface area contributed by atoms with E-state index in [0.29, 0.717) is 5.41 Å². The van der Waals surface area contributed by atoms with Gasteiger partial charge in [-0.05, 0) is 62.6 Å². The first-order valence-corrected chi connectivity index (χ1v) is 8.53. The largest absolute Gasteiger partial charge is 0.316 e. The van der Waals surface area contributed by atoms with Crippen LogP contribution in [0.4, 0.5) is 0 Å². The molecule has 1 unspecified atom stereocenters. The second-order valence-electron chi connectivity index (χ2n) is 7.70. The Morgan fingerprint density at radius 1 is 1.21 bits per heavy atom. The fourth-order valence-electron chi connectivity index (χ4n) is 4.41. The zero-order valence-corrected chi connectivity index (χ0v) is 13.4. The van der Waals surface area contributed by atoms with Gasteiger partial charge in [0.15, 0.2) is 0 Å². The van der Waals surface area contributed by atoms with E-state index in [4.69, 9.17) is 0 Å². The SMILES string of the molecule is CC(C)CC1(CN2CCCNCC(C)C2)CCCC1. The van der Waals surface area contributed by atoms with E-state index >= 15 is 0 Å². The van der Waals surface area contributed by atoms with Crippen LogP contribution in [0.3, 0.4) is 0 Å². The number of hydrogen-bond acceptors (Lipinski definition) is 2. The molecule has 1 saturated heterocycles. The van der Waals surface area contributed by atoms with Crippen molar-refractivity contribution < 1.29 is 0 Å². The Labute approximate surface area is 120 Å². The van der Waals surface area contributed by atoms with Crippen LogP contribution in [0, 0.1) is 17.3 Å². The van der Waals surface area contributed by atoms with Crippen LogP contribution in [-0.2, 0) is 0 Å². The van der Waals surface area contributed by atoms with E-state index in [1.807, 2.05) is 0 Å². The van der Waals surface area contributed by atoms with E-state index in [1.54, 1.807) is 0 Å². The van der Waals surface area contributed by atoms with Crippen molar-refractivity contribution in [3.05, 3.63) is 0 Å². The summed E-state index contributed by atoms with van der Waals surface area (Å²) in [7, 11) is 0. The van der Waals surface area contributed by atoms with E-state index in [2.05, 4.69) is 31.0 Å². The molecule has 0 aromatic carbocycles. The summed E-state index contributed by atoms with van der Waals surface area (Å²) in [6.45, 7) is 13.6. The van der Waals surface area contributed by atoms with Crippen LogP contribution >= 0.6 is 0 Å². The van der Waals surface area contributed by atoms with Crippen LogP contribution in [0.1, 0.15) is 59.3 Å². The Balaban J connectivity index is 1.94. The number of nitrogens with zero attached hydrogens (tertiary/aromatic N) is 1. The fourth-order valence-corrected chi connectivity index (χ4v) is 4.41. The van der Waals surface area contributed by atoms with Crippen molar-refractivity contribution in [1.29, 1.82) is 0 Å². The van der Waals surface area contributed by atoms with Crippen molar-refractivity contribution in [2.75, 3.05) is 32.7 Å². The molecule has 0 aromatic heterocycles. The van der Waals surface area contributed by atoms with E-state index in [1.165, 1.54) is 71.2 Å². The molecule has 0 aromatic rings. The summed E-state index contributed by atoms with van der Waals surface area (Å²) in [5, 5.41) is 3.57. The zero-order chi connectivity index (χ0) is 13.7. The molecule has 0 amide bonds. The molecule has 19 heavy (non-hydrogen) atoms. The van der Waals surface area contributed by atoms with Crippen molar-refractivity contribution in [3.63, 3.8) is 0 Å². The molecule has 1 heterocycles. The molecule has 0 radical (unpaired) electrons. The third-order valence-electron chi connectivity index (χ3n) is 4.96. The minimum atomic E-state index is 0.653. The normalized spacial score (nSPS) is 29.4. The van der Waals surface area contributed by atoms with Crippen LogP contribution < -0.4 is 5.32 Å². The van der Waals surface area contributed by atoms with Gasteiger partial charge in [0.25, 0.3) is 0 Å². The van der Waals surface area contributed by atoms with E-state index < -0.39 is 0 Å². The lowest BCUT2D eigenvalue weighted by atomic mass is 9.78. The van der Waals surface area contributed by atoms with Gasteiger partial charge in [-0.15, -0.1) is 0 Å². The average molecular weight is 266 g/mol. The predicted octanol–water partition coefficient (Wildman–Crippen LogP) is 3.52. The summed E-state index contributed by atoms with van der Waals surface area (Å²) < 4.78 is 0. The molecule has 0 bridgehead atoms. The molecule has 1 saturated carbocycles. The first-order valence-electron chi connectivity index (χ1n) is 8.53. The number of rotatable bonds is 4. The summed E-state index contributed by atoms with van der Waals surface area (Å²) in [6, 6.07) is 0. The van der Waals surface area contributed by atoms with Gasteiger partial charge in [-0.2, -0.15) is 0 Å². The highest BCUT2D eigenvalue weighted by molar-refractivity contribution is 4.89. The molecular formula is C17H34N2. The van der Waals surface area contributed by atoms with Crippen molar-refractivity contribution in [2.24, 2.45) is 17.3 Å². The Kier molecular flexibility index (Phi) is 5.70. The van der Waals surface area contributed by atoms with E-state index in [-0.39, 0.29) is 0 Å². The van der Waals surface area contributed by atoms with Gasteiger partial charge in [0.2, 0.25) is 0 Å². The minimum absolute atomic E-state index is 0.653. The lowest BCUT2D eigenvalue weighted by molar-refractivity contribution is 0.109. The summed E-state index contributed by atoms with van der Waals surface area (Å²) in [4.78, 5) is 2.79. The van der Waals surface area contributed by atoms with Crippen molar-refractivity contribution in [1.82, 2.24) is 10.2 Å². The molecule has 2 nitrogen and oxygen atoms in total. The molecule has 2 rings (SSSR count). The number of nitrogens with one attached hydrogen (secondary N) is 1. The smallest absolute Gasteiger partial charge is 0.00382 e. The van der Waals surface area contributed by atoms with Gasteiger partial charge in [-0.1, -0.05) is 33.6 Å². The summed E-state index contributed by atoms with van der Waals surface area (Å²) in [6.07, 6.45) is 8.67. The second kappa shape index (κ2) is 7.08. The maximum atomic E-state index is 3.57. The second-order valence-corrected chi connectivity index (χ2v) is 7.70. The molecule has 0 spiro atoms. The topological polar surface area (TPSA) is 15.3 Å². The monoisotopic (exact) mass is 266 g/mol. The summed E-state index contributed by atoms with van der Waals surface area (Å²) >= 11 is 0. The molecule has 1 aliphatic heterocycles. The third-order valence-corrected chi connectivity index (χ3v) is 4.96. The molecule has 2 heteroatoms. The lowest BCUT2D eigenvalue weighted by Gasteiger charge is -2.38. The quantitative estimate of drug-likeness (QED) is 0.837. The summed E-state index contributed by atoms with van der Waals surface area (Å²) in [5.74, 6) is 1.66. The first kappa shape index (κ1) is 15.3. The third kappa shape index (κ3) is 4.75. The number of hydrogen-bond donors (Lipinski definition) is 1. The standard InChI is InChI=1S/C17H34N2/c1-15(2)11-17(7-4-5-8-17)14-19-10-6-9-18-12-16(3)13-19/h15-16,18H,4-14H2,1-3H3. The molecule has 112 valence electrons. The molecule has 1 aliphatic carbocycles. The highest BCUT2D eigenvalue weighted by Crippen LogP contribution is 2.43.